The number of nitro groups is 1. The molecule has 0 aliphatic carbocycles. The first-order chi connectivity index (χ1) is 17.7. The number of hydrogen-bond donors (Lipinski definition) is 3. The van der Waals surface area contributed by atoms with Crippen molar-refractivity contribution in [1.29, 1.82) is 0 Å². The number of fused-ring (bicyclic) bond motifs is 1. The minimum atomic E-state index is -0.483. The van der Waals surface area contributed by atoms with Gasteiger partial charge in [0, 0.05) is 49.0 Å². The number of nitrogens with zero attached hydrogens (tertiary/aromatic N) is 4. The lowest BCUT2D eigenvalue weighted by Gasteiger charge is -2.25. The number of nitro benzene ring substituents is 1. The Bertz CT molecular complexity index is 1480. The van der Waals surface area contributed by atoms with Crippen LogP contribution in [0, 0.1) is 15.5 Å². The Hall–Kier alpha value is -4.61. The summed E-state index contributed by atoms with van der Waals surface area (Å²) in [7, 11) is 0. The number of nitrogens with one attached hydrogen (secondary N) is 3. The van der Waals surface area contributed by atoms with Gasteiger partial charge in [-0.3, -0.25) is 19.7 Å². The van der Waals surface area contributed by atoms with Gasteiger partial charge in [-0.1, -0.05) is 49.3 Å². The molecule has 3 N–H and O–H groups in total. The van der Waals surface area contributed by atoms with Gasteiger partial charge in [-0.2, -0.15) is 10.1 Å². The molecule has 0 aliphatic rings. The van der Waals surface area contributed by atoms with Gasteiger partial charge < -0.3 is 15.2 Å². The molecular formula is C25H27N7O5. The van der Waals surface area contributed by atoms with E-state index in [9.17, 15) is 19.7 Å². The van der Waals surface area contributed by atoms with Crippen LogP contribution in [0.2, 0.25) is 0 Å². The molecule has 12 nitrogen and oxygen atoms in total. The molecule has 0 fully saturated rings. The maximum atomic E-state index is 12.4. The largest absolute Gasteiger partial charge is 0.368 e. The van der Waals surface area contributed by atoms with Gasteiger partial charge in [-0.15, -0.1) is 0 Å². The van der Waals surface area contributed by atoms with Crippen LogP contribution in [0.5, 0.6) is 0 Å². The number of rotatable bonds is 11. The molecule has 4 aromatic rings. The van der Waals surface area contributed by atoms with Crippen LogP contribution in [0.15, 0.2) is 57.8 Å². The van der Waals surface area contributed by atoms with Crippen LogP contribution in [-0.4, -0.2) is 44.3 Å². The lowest BCUT2D eigenvalue weighted by Crippen LogP contribution is -2.38. The molecule has 2 aromatic carbocycles. The smallest absolute Gasteiger partial charge is 0.272 e. The zero-order chi connectivity index (χ0) is 26.4. The standard InChI is InChI=1S/C25H27N7O5/c1-25(2,15-27-23-18-9-3-4-10-19(18)24(34)30-29-23)14-26-20(33)11-6-12-21-28-22(31-37-21)16-7-5-8-17(13-16)32(35)36/h3-5,7-10,13H,6,11-12,14-15H2,1-2H3,(H,26,33)(H,27,29)(H,30,34). The molecule has 4 rings (SSSR count). The third-order valence-electron chi connectivity index (χ3n) is 5.77. The van der Waals surface area contributed by atoms with Gasteiger partial charge >= 0.3 is 0 Å². The lowest BCUT2D eigenvalue weighted by molar-refractivity contribution is -0.384. The van der Waals surface area contributed by atoms with E-state index in [1.54, 1.807) is 24.3 Å². The van der Waals surface area contributed by atoms with Crippen LogP contribution in [0.25, 0.3) is 22.2 Å². The lowest BCUT2D eigenvalue weighted by atomic mass is 9.93. The first-order valence-corrected chi connectivity index (χ1v) is 11.8. The second-order valence-electron chi connectivity index (χ2n) is 9.41. The number of aromatic nitrogens is 4. The molecule has 1 amide bonds. The summed E-state index contributed by atoms with van der Waals surface area (Å²) in [5, 5.41) is 29.0. The summed E-state index contributed by atoms with van der Waals surface area (Å²) in [5.74, 6) is 1.11. The number of aryl methyl sites for hydroxylation is 1. The van der Waals surface area contributed by atoms with E-state index in [1.165, 1.54) is 12.1 Å². The summed E-state index contributed by atoms with van der Waals surface area (Å²) in [4.78, 5) is 39.1. The van der Waals surface area contributed by atoms with Gasteiger partial charge in [0.2, 0.25) is 17.6 Å². The molecular weight excluding hydrogens is 478 g/mol. The average Bonchev–Trinajstić information content (AvgIpc) is 3.36. The van der Waals surface area contributed by atoms with E-state index >= 15 is 0 Å². The van der Waals surface area contributed by atoms with Crippen LogP contribution in [0.4, 0.5) is 11.5 Å². The number of benzene rings is 2. The Morgan fingerprint density at radius 2 is 1.92 bits per heavy atom. The number of H-pyrrole nitrogens is 1. The second-order valence-corrected chi connectivity index (χ2v) is 9.41. The molecule has 0 atom stereocenters. The summed E-state index contributed by atoms with van der Waals surface area (Å²) in [6.45, 7) is 5.00. The van der Waals surface area contributed by atoms with Crippen molar-refractivity contribution in [1.82, 2.24) is 25.7 Å². The van der Waals surface area contributed by atoms with Crippen LogP contribution in [0.3, 0.4) is 0 Å². The summed E-state index contributed by atoms with van der Waals surface area (Å²) in [6.07, 6.45) is 1.20. The fraction of sp³-hybridized carbons (Fsp3) is 0.320. The number of non-ortho nitro benzene ring substituents is 1. The van der Waals surface area contributed by atoms with Gasteiger partial charge in [-0.05, 0) is 17.9 Å². The van der Waals surface area contributed by atoms with Gasteiger partial charge in [0.15, 0.2) is 5.82 Å². The topological polar surface area (TPSA) is 169 Å². The number of hydrogen-bond acceptors (Lipinski definition) is 9. The van der Waals surface area contributed by atoms with Crippen molar-refractivity contribution in [2.24, 2.45) is 5.41 Å². The van der Waals surface area contributed by atoms with Crippen LogP contribution >= 0.6 is 0 Å². The Morgan fingerprint density at radius 1 is 1.14 bits per heavy atom. The monoisotopic (exact) mass is 505 g/mol. The molecule has 0 saturated carbocycles. The van der Waals surface area contributed by atoms with E-state index in [2.05, 4.69) is 31.0 Å². The average molecular weight is 506 g/mol. The Balaban J connectivity index is 1.23. The maximum Gasteiger partial charge on any atom is 0.272 e. The first kappa shape index (κ1) is 25.5. The molecule has 37 heavy (non-hydrogen) atoms. The normalized spacial score (nSPS) is 11.4. The molecule has 0 spiro atoms. The fourth-order valence-corrected chi connectivity index (χ4v) is 3.69. The van der Waals surface area contributed by atoms with Crippen molar-refractivity contribution in [3.05, 3.63) is 74.9 Å². The van der Waals surface area contributed by atoms with E-state index in [0.717, 1.165) is 5.39 Å². The number of amides is 1. The Morgan fingerprint density at radius 3 is 2.70 bits per heavy atom. The predicted octanol–water partition coefficient (Wildman–Crippen LogP) is 3.46. The minimum Gasteiger partial charge on any atom is -0.368 e. The molecule has 192 valence electrons. The fourth-order valence-electron chi connectivity index (χ4n) is 3.69. The van der Waals surface area contributed by atoms with Gasteiger partial charge in [0.25, 0.3) is 11.2 Å². The molecule has 0 aliphatic heterocycles. The first-order valence-electron chi connectivity index (χ1n) is 11.8. The number of carbonyl (C=O) groups excluding carboxylic acids is 1. The molecule has 0 saturated heterocycles. The van der Waals surface area contributed by atoms with E-state index in [-0.39, 0.29) is 34.8 Å². The molecule has 0 unspecified atom stereocenters. The number of anilines is 1. The summed E-state index contributed by atoms with van der Waals surface area (Å²) >= 11 is 0. The second kappa shape index (κ2) is 11.0. The van der Waals surface area contributed by atoms with Crippen LogP contribution in [-0.2, 0) is 11.2 Å². The third-order valence-corrected chi connectivity index (χ3v) is 5.77. The third kappa shape index (κ3) is 6.54. The summed E-state index contributed by atoms with van der Waals surface area (Å²) in [6, 6.07) is 13.2. The highest BCUT2D eigenvalue weighted by molar-refractivity contribution is 5.90. The van der Waals surface area contributed by atoms with Crippen molar-refractivity contribution in [3.63, 3.8) is 0 Å². The summed E-state index contributed by atoms with van der Waals surface area (Å²) < 4.78 is 5.23. The highest BCUT2D eigenvalue weighted by atomic mass is 16.6. The van der Waals surface area contributed by atoms with E-state index in [4.69, 9.17) is 4.52 Å². The van der Waals surface area contributed by atoms with Crippen LogP contribution < -0.4 is 16.2 Å². The van der Waals surface area contributed by atoms with E-state index in [0.29, 0.717) is 48.6 Å². The van der Waals surface area contributed by atoms with Crippen molar-refractivity contribution < 1.29 is 14.2 Å². The predicted molar refractivity (Wildman–Crippen MR) is 137 cm³/mol. The SMILES string of the molecule is CC(C)(CNC(=O)CCCc1nc(-c2cccc([N+](=O)[O-])c2)no1)CNc1n[nH]c(=O)c2ccccc12. The van der Waals surface area contributed by atoms with Gasteiger partial charge in [0.05, 0.1) is 10.3 Å². The highest BCUT2D eigenvalue weighted by Crippen LogP contribution is 2.22. The van der Waals surface area contributed by atoms with Crippen LogP contribution in [0.1, 0.15) is 32.6 Å². The maximum absolute atomic E-state index is 12.4. The molecule has 2 aromatic heterocycles. The number of carbonyl (C=O) groups is 1. The van der Waals surface area contributed by atoms with Crippen molar-refractivity contribution in [2.75, 3.05) is 18.4 Å². The van der Waals surface area contributed by atoms with Gasteiger partial charge in [-0.25, -0.2) is 5.10 Å². The molecule has 0 radical (unpaired) electrons. The zero-order valence-corrected chi connectivity index (χ0v) is 20.5. The van der Waals surface area contributed by atoms with Crippen molar-refractivity contribution in [2.45, 2.75) is 33.1 Å². The quantitative estimate of drug-likeness (QED) is 0.204. The molecule has 0 bridgehead atoms. The highest BCUT2D eigenvalue weighted by Gasteiger charge is 2.20. The van der Waals surface area contributed by atoms with Crippen molar-refractivity contribution in [3.8, 4) is 11.4 Å². The Labute approximate surface area is 211 Å². The summed E-state index contributed by atoms with van der Waals surface area (Å²) in [5.41, 5.74) is -0.0906. The molecule has 2 heterocycles. The minimum absolute atomic E-state index is 0.0537. The van der Waals surface area contributed by atoms with E-state index < -0.39 is 4.92 Å². The molecule has 12 heteroatoms. The Kier molecular flexibility index (Phi) is 7.56. The number of aromatic amines is 1. The van der Waals surface area contributed by atoms with Crippen molar-refractivity contribution >= 4 is 28.2 Å². The van der Waals surface area contributed by atoms with E-state index in [1.807, 2.05) is 26.0 Å². The zero-order valence-electron chi connectivity index (χ0n) is 20.5. The van der Waals surface area contributed by atoms with Gasteiger partial charge in [0.1, 0.15) is 0 Å².